The van der Waals surface area contributed by atoms with Crippen LogP contribution in [-0.2, 0) is 14.3 Å². The minimum atomic E-state index is -0.496. The summed E-state index contributed by atoms with van der Waals surface area (Å²) in [6, 6.07) is 15.7. The van der Waals surface area contributed by atoms with E-state index in [0.29, 0.717) is 10.8 Å². The fourth-order valence-corrected chi connectivity index (χ4v) is 2.55. The Labute approximate surface area is 158 Å². The minimum absolute atomic E-state index is 0.0417. The van der Waals surface area contributed by atoms with Gasteiger partial charge in [-0.3, -0.25) is 9.59 Å². The van der Waals surface area contributed by atoms with Crippen LogP contribution in [-0.4, -0.2) is 24.6 Å². The van der Waals surface area contributed by atoms with Gasteiger partial charge in [0.15, 0.2) is 6.61 Å². The Balaban J connectivity index is 2.00. The van der Waals surface area contributed by atoms with Gasteiger partial charge >= 0.3 is 5.97 Å². The molecule has 0 aliphatic rings. The topological polar surface area (TPSA) is 64.6 Å². The number of benzene rings is 2. The monoisotopic (exact) mass is 375 g/mol. The third kappa shape index (κ3) is 6.41. The summed E-state index contributed by atoms with van der Waals surface area (Å²) in [4.78, 5) is 24.3. The smallest absolute Gasteiger partial charge is 0.308 e. The van der Waals surface area contributed by atoms with Crippen molar-refractivity contribution in [2.45, 2.75) is 32.4 Å². The molecule has 2 rings (SSSR count). The molecule has 1 N–H and O–H groups in total. The fraction of sp³-hybridized carbons (Fsp3) is 0.300. The molecule has 1 atom stereocenters. The predicted octanol–water partition coefficient (Wildman–Crippen LogP) is 3.92. The largest absolute Gasteiger partial charge is 0.482 e. The van der Waals surface area contributed by atoms with Crippen LogP contribution < -0.4 is 10.1 Å². The lowest BCUT2D eigenvalue weighted by molar-refractivity contribution is -0.148. The number of hydrogen-bond donors (Lipinski definition) is 1. The van der Waals surface area contributed by atoms with E-state index in [2.05, 4.69) is 5.32 Å². The number of carbonyl (C=O) groups is 2. The predicted molar refractivity (Wildman–Crippen MR) is 100 cm³/mol. The van der Waals surface area contributed by atoms with Crippen LogP contribution in [0, 0.1) is 0 Å². The highest BCUT2D eigenvalue weighted by Crippen LogP contribution is 2.23. The lowest BCUT2D eigenvalue weighted by Crippen LogP contribution is -2.34. The Morgan fingerprint density at radius 1 is 1.04 bits per heavy atom. The summed E-state index contributed by atoms with van der Waals surface area (Å²) in [6.07, 6.45) is -0.168. The maximum absolute atomic E-state index is 12.3. The summed E-state index contributed by atoms with van der Waals surface area (Å²) in [6.45, 7) is 3.36. The maximum Gasteiger partial charge on any atom is 0.308 e. The molecule has 6 heteroatoms. The first kappa shape index (κ1) is 19.8. The molecule has 0 saturated heterocycles. The average molecular weight is 376 g/mol. The molecule has 5 nitrogen and oxygen atoms in total. The quantitative estimate of drug-likeness (QED) is 0.710. The van der Waals surface area contributed by atoms with E-state index in [1.165, 1.54) is 0 Å². The Hall–Kier alpha value is -2.53. The SMILES string of the molecule is CC(C)OC(=O)CC(NC(=O)COc1ccccc1Cl)c1ccccc1. The highest BCUT2D eigenvalue weighted by molar-refractivity contribution is 6.32. The first-order valence-electron chi connectivity index (χ1n) is 8.37. The number of carbonyl (C=O) groups excluding carboxylic acids is 2. The third-order valence-electron chi connectivity index (χ3n) is 3.47. The molecule has 2 aromatic carbocycles. The fourth-order valence-electron chi connectivity index (χ4n) is 2.36. The van der Waals surface area contributed by atoms with Crippen molar-refractivity contribution in [1.82, 2.24) is 5.32 Å². The average Bonchev–Trinajstić information content (AvgIpc) is 2.60. The highest BCUT2D eigenvalue weighted by atomic mass is 35.5. The van der Waals surface area contributed by atoms with Crippen LogP contribution in [0.3, 0.4) is 0 Å². The van der Waals surface area contributed by atoms with E-state index >= 15 is 0 Å². The van der Waals surface area contributed by atoms with E-state index < -0.39 is 6.04 Å². The molecule has 0 aliphatic heterocycles. The molecule has 0 heterocycles. The van der Waals surface area contributed by atoms with Crippen molar-refractivity contribution in [3.05, 3.63) is 65.2 Å². The zero-order valence-corrected chi connectivity index (χ0v) is 15.5. The second-order valence-corrected chi connectivity index (χ2v) is 6.40. The van der Waals surface area contributed by atoms with Crippen molar-refractivity contribution < 1.29 is 19.1 Å². The summed E-state index contributed by atoms with van der Waals surface area (Å²) < 4.78 is 10.6. The van der Waals surface area contributed by atoms with Crippen molar-refractivity contribution in [2.24, 2.45) is 0 Å². The number of nitrogens with one attached hydrogen (secondary N) is 1. The standard InChI is InChI=1S/C20H22ClNO4/c1-14(2)26-20(24)12-17(15-8-4-3-5-9-15)22-19(23)13-25-18-11-7-6-10-16(18)21/h3-11,14,17H,12-13H2,1-2H3,(H,22,23). The first-order valence-corrected chi connectivity index (χ1v) is 8.74. The summed E-state index contributed by atoms with van der Waals surface area (Å²) in [5.74, 6) is -0.294. The summed E-state index contributed by atoms with van der Waals surface area (Å²) in [5, 5.41) is 3.25. The normalized spacial score (nSPS) is 11.7. The molecule has 0 spiro atoms. The van der Waals surface area contributed by atoms with E-state index in [0.717, 1.165) is 5.56 Å². The third-order valence-corrected chi connectivity index (χ3v) is 3.78. The van der Waals surface area contributed by atoms with Gasteiger partial charge in [0.25, 0.3) is 5.91 Å². The van der Waals surface area contributed by atoms with Gasteiger partial charge in [-0.15, -0.1) is 0 Å². The van der Waals surface area contributed by atoms with E-state index in [-0.39, 0.29) is 31.0 Å². The van der Waals surface area contributed by atoms with Gasteiger partial charge in [0.2, 0.25) is 0 Å². The molecule has 0 fully saturated rings. The number of hydrogen-bond acceptors (Lipinski definition) is 4. The van der Waals surface area contributed by atoms with Gasteiger partial charge in [-0.05, 0) is 31.5 Å². The lowest BCUT2D eigenvalue weighted by atomic mass is 10.0. The molecule has 0 radical (unpaired) electrons. The summed E-state index contributed by atoms with van der Waals surface area (Å²) >= 11 is 6.01. The summed E-state index contributed by atoms with van der Waals surface area (Å²) in [5.41, 5.74) is 0.819. The van der Waals surface area contributed by atoms with Crippen LogP contribution >= 0.6 is 11.6 Å². The van der Waals surface area contributed by atoms with Gasteiger partial charge in [0.05, 0.1) is 23.6 Å². The van der Waals surface area contributed by atoms with E-state index in [9.17, 15) is 9.59 Å². The Morgan fingerprint density at radius 2 is 1.69 bits per heavy atom. The molecule has 0 aromatic heterocycles. The van der Waals surface area contributed by atoms with Crippen molar-refractivity contribution >= 4 is 23.5 Å². The zero-order valence-electron chi connectivity index (χ0n) is 14.8. The Kier molecular flexibility index (Phi) is 7.48. The van der Waals surface area contributed by atoms with Gasteiger partial charge in [-0.25, -0.2) is 0 Å². The van der Waals surface area contributed by atoms with Crippen LogP contribution in [0.25, 0.3) is 0 Å². The van der Waals surface area contributed by atoms with Crippen LogP contribution in [0.1, 0.15) is 31.9 Å². The van der Waals surface area contributed by atoms with Crippen molar-refractivity contribution in [2.75, 3.05) is 6.61 Å². The molecule has 1 unspecified atom stereocenters. The molecule has 1 amide bonds. The maximum atomic E-state index is 12.3. The molecule has 2 aromatic rings. The zero-order chi connectivity index (χ0) is 18.9. The molecule has 26 heavy (non-hydrogen) atoms. The lowest BCUT2D eigenvalue weighted by Gasteiger charge is -2.19. The molecule has 138 valence electrons. The van der Waals surface area contributed by atoms with Crippen molar-refractivity contribution in [3.8, 4) is 5.75 Å². The number of rotatable bonds is 8. The van der Waals surface area contributed by atoms with Crippen LogP contribution in [0.15, 0.2) is 54.6 Å². The summed E-state index contributed by atoms with van der Waals surface area (Å²) in [7, 11) is 0. The van der Waals surface area contributed by atoms with E-state index in [4.69, 9.17) is 21.1 Å². The van der Waals surface area contributed by atoms with Gasteiger partial charge in [0, 0.05) is 0 Å². The molecule has 0 aliphatic carbocycles. The number of esters is 1. The van der Waals surface area contributed by atoms with Gasteiger partial charge in [0.1, 0.15) is 5.75 Å². The second kappa shape index (κ2) is 9.82. The Morgan fingerprint density at radius 3 is 2.35 bits per heavy atom. The van der Waals surface area contributed by atoms with Crippen molar-refractivity contribution in [3.63, 3.8) is 0 Å². The molecule has 0 bridgehead atoms. The van der Waals surface area contributed by atoms with Gasteiger partial charge in [-0.2, -0.15) is 0 Å². The molecular formula is C20H22ClNO4. The molecular weight excluding hydrogens is 354 g/mol. The number of amides is 1. The van der Waals surface area contributed by atoms with Crippen LogP contribution in [0.2, 0.25) is 5.02 Å². The van der Waals surface area contributed by atoms with E-state index in [1.807, 2.05) is 30.3 Å². The van der Waals surface area contributed by atoms with Crippen molar-refractivity contribution in [1.29, 1.82) is 0 Å². The van der Waals surface area contributed by atoms with Gasteiger partial charge in [-0.1, -0.05) is 54.1 Å². The van der Waals surface area contributed by atoms with E-state index in [1.54, 1.807) is 38.1 Å². The second-order valence-electron chi connectivity index (χ2n) is 5.99. The number of halogens is 1. The minimum Gasteiger partial charge on any atom is -0.482 e. The first-order chi connectivity index (χ1) is 12.5. The Bertz CT molecular complexity index is 734. The molecule has 0 saturated carbocycles. The number of ether oxygens (including phenoxy) is 2. The van der Waals surface area contributed by atoms with Gasteiger partial charge < -0.3 is 14.8 Å². The number of para-hydroxylation sites is 1. The van der Waals surface area contributed by atoms with Crippen LogP contribution in [0.5, 0.6) is 5.75 Å². The highest BCUT2D eigenvalue weighted by Gasteiger charge is 2.20. The van der Waals surface area contributed by atoms with Crippen LogP contribution in [0.4, 0.5) is 0 Å².